The minimum atomic E-state index is -0.929. The van der Waals surface area contributed by atoms with Crippen molar-refractivity contribution in [2.24, 2.45) is 11.8 Å². The lowest BCUT2D eigenvalue weighted by Gasteiger charge is -2.36. The number of piperidine rings is 1. The van der Waals surface area contributed by atoms with E-state index in [1.807, 2.05) is 13.8 Å². The quantitative estimate of drug-likeness (QED) is 0.233. The Bertz CT molecular complexity index is 1040. The highest BCUT2D eigenvalue weighted by atomic mass is 16.2. The molecule has 0 aromatic carbocycles. The molecule has 3 fully saturated rings. The average Bonchev–Trinajstić information content (AvgIpc) is 3.06. The van der Waals surface area contributed by atoms with E-state index in [4.69, 9.17) is 0 Å². The number of fused-ring (bicyclic) bond motifs is 1. The van der Waals surface area contributed by atoms with E-state index in [0.29, 0.717) is 64.3 Å². The van der Waals surface area contributed by atoms with Gasteiger partial charge in [0.15, 0.2) is 0 Å². The maximum atomic E-state index is 13.8. The van der Waals surface area contributed by atoms with Gasteiger partial charge in [0.05, 0.1) is 6.04 Å². The van der Waals surface area contributed by atoms with Gasteiger partial charge >= 0.3 is 0 Å². The zero-order valence-electron chi connectivity index (χ0n) is 28.5. The van der Waals surface area contributed by atoms with Crippen LogP contribution in [0.15, 0.2) is 0 Å². The van der Waals surface area contributed by atoms with Crippen molar-refractivity contribution in [3.8, 4) is 0 Å². The molecule has 0 radical (unpaired) electrons. The van der Waals surface area contributed by atoms with Crippen LogP contribution < -0.4 is 21.3 Å². The maximum Gasteiger partial charge on any atom is 0.292 e. The van der Waals surface area contributed by atoms with Crippen molar-refractivity contribution in [3.63, 3.8) is 0 Å². The molecule has 0 aromatic heterocycles. The number of amides is 5. The summed E-state index contributed by atoms with van der Waals surface area (Å²) in [6.07, 6.45) is 13.3. The molecule has 0 bridgehead atoms. The van der Waals surface area contributed by atoms with Crippen molar-refractivity contribution in [2.45, 2.75) is 161 Å². The van der Waals surface area contributed by atoms with Gasteiger partial charge in [0, 0.05) is 19.5 Å². The molecule has 3 rings (SSSR count). The van der Waals surface area contributed by atoms with Crippen LogP contribution in [0, 0.1) is 11.8 Å². The molecule has 11 nitrogen and oxygen atoms in total. The second-order valence-corrected chi connectivity index (χ2v) is 13.8. The molecule has 5 amide bonds. The number of unbranched alkanes of at least 4 members (excludes halogenated alkanes) is 2. The molecule has 260 valence electrons. The van der Waals surface area contributed by atoms with E-state index in [1.165, 1.54) is 4.90 Å². The number of rotatable bonds is 8. The zero-order valence-corrected chi connectivity index (χ0v) is 28.5. The molecule has 2 heterocycles. The van der Waals surface area contributed by atoms with Crippen LogP contribution >= 0.6 is 0 Å². The van der Waals surface area contributed by atoms with E-state index < -0.39 is 47.7 Å². The number of hydrogen-bond donors (Lipinski definition) is 4. The van der Waals surface area contributed by atoms with Crippen LogP contribution in [0.2, 0.25) is 0 Å². The highest BCUT2D eigenvalue weighted by Crippen LogP contribution is 2.28. The molecule has 1 aliphatic carbocycles. The highest BCUT2D eigenvalue weighted by Gasteiger charge is 2.40. The molecular weight excluding hydrogens is 586 g/mol. The monoisotopic (exact) mass is 645 g/mol. The van der Waals surface area contributed by atoms with Crippen LogP contribution in [0.25, 0.3) is 0 Å². The van der Waals surface area contributed by atoms with E-state index >= 15 is 0 Å². The zero-order chi connectivity index (χ0) is 33.5. The maximum absolute atomic E-state index is 13.8. The van der Waals surface area contributed by atoms with Gasteiger partial charge in [0.25, 0.3) is 5.91 Å². The van der Waals surface area contributed by atoms with Crippen LogP contribution in [-0.4, -0.2) is 77.5 Å². The first-order chi connectivity index (χ1) is 22.2. The van der Waals surface area contributed by atoms with Gasteiger partial charge < -0.3 is 26.2 Å². The van der Waals surface area contributed by atoms with E-state index in [0.717, 1.165) is 51.4 Å². The molecular formula is C35H59N5O6. The SMILES string of the molecule is CCCCCC1NC(=O)C(C(C)CC)NC(=O)C2CCCCN2C(=O)C(=O)C(CC2CCCCC2)NC(=O)CCCCCNC1=O. The summed E-state index contributed by atoms with van der Waals surface area (Å²) in [5, 5.41) is 11.7. The van der Waals surface area contributed by atoms with Gasteiger partial charge in [-0.25, -0.2) is 0 Å². The minimum Gasteiger partial charge on any atom is -0.354 e. The van der Waals surface area contributed by atoms with Gasteiger partial charge in [0.2, 0.25) is 29.4 Å². The Morgan fingerprint density at radius 1 is 0.739 bits per heavy atom. The van der Waals surface area contributed by atoms with E-state index in [1.54, 1.807) is 0 Å². The molecule has 3 aliphatic rings. The number of nitrogens with one attached hydrogen (secondary N) is 4. The molecule has 1 saturated carbocycles. The Morgan fingerprint density at radius 3 is 2.17 bits per heavy atom. The van der Waals surface area contributed by atoms with Crippen molar-refractivity contribution in [1.29, 1.82) is 0 Å². The van der Waals surface area contributed by atoms with Gasteiger partial charge in [-0.1, -0.05) is 85.0 Å². The van der Waals surface area contributed by atoms with Gasteiger partial charge in [-0.15, -0.1) is 0 Å². The molecule has 4 N–H and O–H groups in total. The fraction of sp³-hybridized carbons (Fsp3) is 0.829. The Morgan fingerprint density at radius 2 is 1.46 bits per heavy atom. The summed E-state index contributed by atoms with van der Waals surface area (Å²) >= 11 is 0. The van der Waals surface area contributed by atoms with Crippen LogP contribution in [0.5, 0.6) is 0 Å². The first kappa shape index (κ1) is 37.5. The first-order valence-electron chi connectivity index (χ1n) is 18.2. The average molecular weight is 646 g/mol. The molecule has 0 spiro atoms. The number of carbonyl (C=O) groups is 6. The van der Waals surface area contributed by atoms with Crippen LogP contribution in [0.1, 0.15) is 136 Å². The fourth-order valence-corrected chi connectivity index (χ4v) is 6.99. The normalized spacial score (nSPS) is 27.9. The van der Waals surface area contributed by atoms with Crippen LogP contribution in [0.4, 0.5) is 0 Å². The van der Waals surface area contributed by atoms with Crippen molar-refractivity contribution >= 4 is 35.3 Å². The standard InChI is InChI=1S/C35H59N5O6/c1-4-6-9-18-26-32(43)36-21-14-8-12-20-29(41)37-27(23-25-16-10-7-11-17-25)31(42)35(46)40-22-15-13-19-28(40)33(44)39-30(24(3)5-2)34(45)38-26/h24-28,30H,4-23H2,1-3H3,(H,36,43)(H,37,41)(H,38,45)(H,39,44). The van der Waals surface area contributed by atoms with E-state index in [2.05, 4.69) is 28.2 Å². The summed E-state index contributed by atoms with van der Waals surface area (Å²) in [6.45, 7) is 6.56. The Balaban J connectivity index is 1.88. The van der Waals surface area contributed by atoms with Crippen LogP contribution in [0.3, 0.4) is 0 Å². The summed E-state index contributed by atoms with van der Waals surface area (Å²) in [7, 11) is 0. The third kappa shape index (κ3) is 11.4. The smallest absolute Gasteiger partial charge is 0.292 e. The number of carbonyl (C=O) groups excluding carboxylic acids is 6. The van der Waals surface area contributed by atoms with Gasteiger partial charge in [-0.2, -0.15) is 0 Å². The molecule has 46 heavy (non-hydrogen) atoms. The number of hydrogen-bond acceptors (Lipinski definition) is 6. The van der Waals surface area contributed by atoms with Crippen molar-refractivity contribution in [2.75, 3.05) is 13.1 Å². The molecule has 2 aliphatic heterocycles. The lowest BCUT2D eigenvalue weighted by Crippen LogP contribution is -2.61. The summed E-state index contributed by atoms with van der Waals surface area (Å²) in [4.78, 5) is 82.7. The summed E-state index contributed by atoms with van der Waals surface area (Å²) in [5.74, 6) is -2.79. The van der Waals surface area contributed by atoms with Gasteiger partial charge in [-0.05, 0) is 56.8 Å². The van der Waals surface area contributed by atoms with Crippen LogP contribution in [-0.2, 0) is 28.8 Å². The lowest BCUT2D eigenvalue weighted by atomic mass is 9.83. The number of nitrogens with zero attached hydrogens (tertiary/aromatic N) is 1. The number of ketones is 1. The van der Waals surface area contributed by atoms with Crippen molar-refractivity contribution in [1.82, 2.24) is 26.2 Å². The Hall–Kier alpha value is -2.98. The molecule has 11 heteroatoms. The molecule has 0 aromatic rings. The fourth-order valence-electron chi connectivity index (χ4n) is 6.99. The summed E-state index contributed by atoms with van der Waals surface area (Å²) in [6, 6.07) is -3.46. The molecule has 5 unspecified atom stereocenters. The third-order valence-electron chi connectivity index (χ3n) is 10.1. The third-order valence-corrected chi connectivity index (χ3v) is 10.1. The molecule has 2 saturated heterocycles. The molecule has 5 atom stereocenters. The Kier molecular flexibility index (Phi) is 16.0. The second-order valence-electron chi connectivity index (χ2n) is 13.8. The van der Waals surface area contributed by atoms with Gasteiger partial charge in [0.1, 0.15) is 18.1 Å². The second kappa shape index (κ2) is 19.6. The summed E-state index contributed by atoms with van der Waals surface area (Å²) < 4.78 is 0. The predicted molar refractivity (Wildman–Crippen MR) is 176 cm³/mol. The largest absolute Gasteiger partial charge is 0.354 e. The van der Waals surface area contributed by atoms with Crippen molar-refractivity contribution in [3.05, 3.63) is 0 Å². The highest BCUT2D eigenvalue weighted by molar-refractivity contribution is 6.38. The topological polar surface area (TPSA) is 154 Å². The number of Topliss-reactive ketones (excluding diaryl/α,β-unsaturated/α-hetero) is 1. The lowest BCUT2D eigenvalue weighted by molar-refractivity contribution is -0.152. The summed E-state index contributed by atoms with van der Waals surface area (Å²) in [5.41, 5.74) is 0. The van der Waals surface area contributed by atoms with Gasteiger partial charge in [-0.3, -0.25) is 28.8 Å². The van der Waals surface area contributed by atoms with Crippen molar-refractivity contribution < 1.29 is 28.8 Å². The first-order valence-corrected chi connectivity index (χ1v) is 18.2. The minimum absolute atomic E-state index is 0.220. The van der Waals surface area contributed by atoms with E-state index in [9.17, 15) is 28.8 Å². The predicted octanol–water partition coefficient (Wildman–Crippen LogP) is 3.68. The Labute approximate surface area is 275 Å². The van der Waals surface area contributed by atoms with E-state index in [-0.39, 0.29) is 36.6 Å².